The van der Waals surface area contributed by atoms with Gasteiger partial charge >= 0.3 is 0 Å². The molecule has 3 atom stereocenters. The second kappa shape index (κ2) is 7.38. The van der Waals surface area contributed by atoms with Crippen LogP contribution in [0.3, 0.4) is 0 Å². The molecule has 24 heavy (non-hydrogen) atoms. The van der Waals surface area contributed by atoms with Gasteiger partial charge in [-0.1, -0.05) is 12.1 Å². The molecule has 0 amide bonds. The van der Waals surface area contributed by atoms with E-state index >= 15 is 0 Å². The first-order valence-corrected chi connectivity index (χ1v) is 8.65. The van der Waals surface area contributed by atoms with E-state index in [4.69, 9.17) is 9.47 Å². The summed E-state index contributed by atoms with van der Waals surface area (Å²) in [5.74, 6) is 0. The first kappa shape index (κ1) is 15.7. The summed E-state index contributed by atoms with van der Waals surface area (Å²) >= 11 is 0. The molecular formula is C19H23N3O2. The summed E-state index contributed by atoms with van der Waals surface area (Å²) in [6.45, 7) is 3.25. The predicted molar refractivity (Wildman–Crippen MR) is 90.2 cm³/mol. The van der Waals surface area contributed by atoms with Crippen molar-refractivity contribution in [1.82, 2.24) is 14.9 Å². The fourth-order valence-electron chi connectivity index (χ4n) is 3.75. The third kappa shape index (κ3) is 3.48. The molecular weight excluding hydrogens is 302 g/mol. The maximum atomic E-state index is 6.20. The Hall–Kier alpha value is -1.82. The Balaban J connectivity index is 1.43. The summed E-state index contributed by atoms with van der Waals surface area (Å²) in [7, 11) is 0. The van der Waals surface area contributed by atoms with Crippen molar-refractivity contribution in [2.45, 2.75) is 44.2 Å². The number of rotatable bonds is 5. The predicted octanol–water partition coefficient (Wildman–Crippen LogP) is 2.43. The van der Waals surface area contributed by atoms with Crippen molar-refractivity contribution in [1.29, 1.82) is 0 Å². The number of likely N-dealkylation sites (tertiary alicyclic amines) is 1. The van der Waals surface area contributed by atoms with E-state index in [1.54, 1.807) is 6.20 Å². The van der Waals surface area contributed by atoms with Gasteiger partial charge in [-0.2, -0.15) is 0 Å². The summed E-state index contributed by atoms with van der Waals surface area (Å²) in [4.78, 5) is 10.9. The van der Waals surface area contributed by atoms with Crippen molar-refractivity contribution in [3.8, 4) is 0 Å². The number of nitrogens with zero attached hydrogens (tertiary/aromatic N) is 3. The molecule has 2 fully saturated rings. The number of aromatic nitrogens is 2. The van der Waals surface area contributed by atoms with E-state index in [1.165, 1.54) is 12.0 Å². The van der Waals surface area contributed by atoms with E-state index in [1.807, 2.05) is 30.7 Å². The minimum absolute atomic E-state index is 0.118. The first-order chi connectivity index (χ1) is 11.9. The average molecular weight is 325 g/mol. The van der Waals surface area contributed by atoms with Crippen LogP contribution in [0.5, 0.6) is 0 Å². The van der Waals surface area contributed by atoms with Crippen LogP contribution in [0.15, 0.2) is 49.1 Å². The van der Waals surface area contributed by atoms with Crippen LogP contribution in [0, 0.1) is 0 Å². The van der Waals surface area contributed by atoms with Crippen molar-refractivity contribution in [2.75, 3.05) is 13.2 Å². The summed E-state index contributed by atoms with van der Waals surface area (Å²) < 4.78 is 12.3. The van der Waals surface area contributed by atoms with Crippen LogP contribution in [0.25, 0.3) is 0 Å². The maximum absolute atomic E-state index is 6.20. The van der Waals surface area contributed by atoms with Crippen LogP contribution in [-0.4, -0.2) is 46.3 Å². The normalized spacial score (nSPS) is 27.1. The van der Waals surface area contributed by atoms with Crippen LogP contribution in [-0.2, 0) is 22.6 Å². The summed E-state index contributed by atoms with van der Waals surface area (Å²) in [5.41, 5.74) is 2.35. The van der Waals surface area contributed by atoms with Crippen molar-refractivity contribution < 1.29 is 9.47 Å². The highest BCUT2D eigenvalue weighted by atomic mass is 16.5. The maximum Gasteiger partial charge on any atom is 0.100 e. The van der Waals surface area contributed by atoms with E-state index in [0.29, 0.717) is 12.6 Å². The van der Waals surface area contributed by atoms with Gasteiger partial charge in [0.2, 0.25) is 0 Å². The van der Waals surface area contributed by atoms with Crippen LogP contribution < -0.4 is 0 Å². The lowest BCUT2D eigenvalue weighted by Crippen LogP contribution is -2.41. The minimum Gasteiger partial charge on any atom is -0.374 e. The Kier molecular flexibility index (Phi) is 4.83. The second-order valence-corrected chi connectivity index (χ2v) is 6.55. The van der Waals surface area contributed by atoms with Crippen LogP contribution >= 0.6 is 0 Å². The van der Waals surface area contributed by atoms with E-state index in [-0.39, 0.29) is 12.2 Å². The molecule has 2 aliphatic rings. The van der Waals surface area contributed by atoms with Gasteiger partial charge in [-0.15, -0.1) is 0 Å². The zero-order valence-electron chi connectivity index (χ0n) is 13.8. The summed E-state index contributed by atoms with van der Waals surface area (Å²) in [6, 6.07) is 8.57. The molecule has 126 valence electrons. The Morgan fingerprint density at radius 3 is 2.67 bits per heavy atom. The third-order valence-electron chi connectivity index (χ3n) is 4.88. The average Bonchev–Trinajstić information content (AvgIpc) is 3.00. The second-order valence-electron chi connectivity index (χ2n) is 6.55. The molecule has 0 radical (unpaired) electrons. The minimum atomic E-state index is 0.118. The van der Waals surface area contributed by atoms with Gasteiger partial charge in [0.05, 0.1) is 12.7 Å². The highest BCUT2D eigenvalue weighted by Gasteiger charge is 2.44. The monoisotopic (exact) mass is 325 g/mol. The largest absolute Gasteiger partial charge is 0.374 e. The van der Waals surface area contributed by atoms with Crippen molar-refractivity contribution in [3.63, 3.8) is 0 Å². The van der Waals surface area contributed by atoms with Gasteiger partial charge in [-0.25, -0.2) is 0 Å². The molecule has 2 aliphatic heterocycles. The van der Waals surface area contributed by atoms with Gasteiger partial charge in [0.1, 0.15) is 6.10 Å². The molecule has 0 N–H and O–H groups in total. The molecule has 5 heteroatoms. The molecule has 0 unspecified atom stereocenters. The SMILES string of the molecule is c1cncc(CO[C@@H]2CN(Cc3cccnc3)[C@H]3CCCO[C@H]23)c1. The Morgan fingerprint density at radius 1 is 1.12 bits per heavy atom. The van der Waals surface area contributed by atoms with Gasteiger partial charge in [-0.05, 0) is 36.1 Å². The van der Waals surface area contributed by atoms with Crippen molar-refractivity contribution in [2.24, 2.45) is 0 Å². The molecule has 0 bridgehead atoms. The third-order valence-corrected chi connectivity index (χ3v) is 4.88. The fraction of sp³-hybridized carbons (Fsp3) is 0.474. The highest BCUT2D eigenvalue weighted by Crippen LogP contribution is 2.32. The number of ether oxygens (including phenoxy) is 2. The van der Waals surface area contributed by atoms with Gasteiger partial charge in [0, 0.05) is 50.5 Å². The molecule has 2 saturated heterocycles. The van der Waals surface area contributed by atoms with E-state index < -0.39 is 0 Å². The molecule has 4 heterocycles. The first-order valence-electron chi connectivity index (χ1n) is 8.65. The number of pyridine rings is 2. The van der Waals surface area contributed by atoms with Gasteiger partial charge < -0.3 is 9.47 Å². The lowest BCUT2D eigenvalue weighted by Gasteiger charge is -2.32. The van der Waals surface area contributed by atoms with Crippen LogP contribution in [0.4, 0.5) is 0 Å². The molecule has 0 spiro atoms. The molecule has 0 saturated carbocycles. The summed E-state index contributed by atoms with van der Waals surface area (Å²) in [6.07, 6.45) is 10.0. The van der Waals surface area contributed by atoms with Crippen LogP contribution in [0.2, 0.25) is 0 Å². The van der Waals surface area contributed by atoms with Crippen molar-refractivity contribution >= 4 is 0 Å². The standard InChI is InChI=1S/C19H23N3O2/c1-4-15(10-20-7-1)12-22-13-18(19-17(22)6-3-9-23-19)24-14-16-5-2-8-21-11-16/h1-2,4-5,7-8,10-11,17-19H,3,6,9,12-14H2/t17-,18+,19-/m0/s1. The lowest BCUT2D eigenvalue weighted by molar-refractivity contribution is -0.0819. The van der Waals surface area contributed by atoms with Crippen molar-refractivity contribution in [3.05, 3.63) is 60.2 Å². The van der Waals surface area contributed by atoms with E-state index in [0.717, 1.165) is 31.7 Å². The van der Waals surface area contributed by atoms with Gasteiger partial charge in [0.25, 0.3) is 0 Å². The fourth-order valence-corrected chi connectivity index (χ4v) is 3.75. The van der Waals surface area contributed by atoms with E-state index in [9.17, 15) is 0 Å². The Bertz CT molecular complexity index is 638. The van der Waals surface area contributed by atoms with E-state index in [2.05, 4.69) is 27.0 Å². The molecule has 5 nitrogen and oxygen atoms in total. The molecule has 0 aromatic carbocycles. The summed E-state index contributed by atoms with van der Waals surface area (Å²) in [5, 5.41) is 0. The Morgan fingerprint density at radius 2 is 1.92 bits per heavy atom. The van der Waals surface area contributed by atoms with Gasteiger partial charge in [-0.3, -0.25) is 14.9 Å². The molecule has 4 rings (SSSR count). The van der Waals surface area contributed by atoms with Gasteiger partial charge in [0.15, 0.2) is 0 Å². The smallest absolute Gasteiger partial charge is 0.100 e. The number of hydrogen-bond acceptors (Lipinski definition) is 5. The number of hydrogen-bond donors (Lipinski definition) is 0. The topological polar surface area (TPSA) is 47.5 Å². The molecule has 2 aromatic rings. The zero-order valence-corrected chi connectivity index (χ0v) is 13.8. The molecule has 0 aliphatic carbocycles. The van der Waals surface area contributed by atoms with Crippen LogP contribution in [0.1, 0.15) is 24.0 Å². The Labute approximate surface area is 142 Å². The molecule has 2 aromatic heterocycles. The lowest BCUT2D eigenvalue weighted by atomic mass is 10.0. The quantitative estimate of drug-likeness (QED) is 0.845. The zero-order chi connectivity index (χ0) is 16.2. The number of fused-ring (bicyclic) bond motifs is 1. The highest BCUT2D eigenvalue weighted by molar-refractivity contribution is 5.11.